The van der Waals surface area contributed by atoms with E-state index in [4.69, 9.17) is 9.47 Å². The van der Waals surface area contributed by atoms with Gasteiger partial charge in [0, 0.05) is 11.0 Å². The van der Waals surface area contributed by atoms with Crippen LogP contribution in [0.1, 0.15) is 25.7 Å². The van der Waals surface area contributed by atoms with Gasteiger partial charge in [0.25, 0.3) is 0 Å². The van der Waals surface area contributed by atoms with Gasteiger partial charge in [-0.2, -0.15) is 0 Å². The molecule has 1 aromatic carbocycles. The maximum atomic E-state index is 5.63. The highest BCUT2D eigenvalue weighted by atomic mass is 16.7. The fourth-order valence-electron chi connectivity index (χ4n) is 1.43. The molecule has 0 unspecified atom stereocenters. The summed E-state index contributed by atoms with van der Waals surface area (Å²) in [4.78, 5) is 0. The molecule has 0 amide bonds. The Balaban J connectivity index is 2.03. The predicted molar refractivity (Wildman–Crippen MR) is 53.7 cm³/mol. The van der Waals surface area contributed by atoms with Crippen molar-refractivity contribution in [1.82, 2.24) is 0 Å². The van der Waals surface area contributed by atoms with Crippen molar-refractivity contribution in [3.05, 3.63) is 35.9 Å². The average molecular weight is 191 g/mol. The van der Waals surface area contributed by atoms with Gasteiger partial charge in [0.05, 0.1) is 13.2 Å². The quantitative estimate of drug-likeness (QED) is 0.679. The molecule has 1 aromatic rings. The lowest BCUT2D eigenvalue weighted by Crippen LogP contribution is -2.33. The first-order valence-electron chi connectivity index (χ1n) is 4.87. The highest BCUT2D eigenvalue weighted by Crippen LogP contribution is 2.30. The van der Waals surface area contributed by atoms with E-state index in [2.05, 4.69) is 19.9 Å². The molecule has 0 aliphatic carbocycles. The summed E-state index contributed by atoms with van der Waals surface area (Å²) in [5.41, 5.74) is 1.11. The number of rotatable bonds is 1. The Morgan fingerprint density at radius 1 is 1.29 bits per heavy atom. The van der Waals surface area contributed by atoms with Crippen LogP contribution in [0.25, 0.3) is 0 Å². The summed E-state index contributed by atoms with van der Waals surface area (Å²) in [5.74, 6) is 0. The first kappa shape index (κ1) is 9.69. The molecule has 0 saturated carbocycles. The Morgan fingerprint density at radius 2 is 2.00 bits per heavy atom. The van der Waals surface area contributed by atoms with Gasteiger partial charge in [0.15, 0.2) is 6.29 Å². The highest BCUT2D eigenvalue weighted by molar-refractivity contribution is 5.14. The Labute approximate surface area is 84.8 Å². The van der Waals surface area contributed by atoms with Gasteiger partial charge in [0.2, 0.25) is 0 Å². The SMILES string of the molecule is CC1(C)COC(c2[c]cccc2)OC1. The monoisotopic (exact) mass is 191 g/mol. The van der Waals surface area contributed by atoms with Gasteiger partial charge in [-0.15, -0.1) is 0 Å². The molecular weight excluding hydrogens is 176 g/mol. The van der Waals surface area contributed by atoms with Crippen molar-refractivity contribution in [3.63, 3.8) is 0 Å². The number of ether oxygens (including phenoxy) is 2. The Morgan fingerprint density at radius 3 is 2.57 bits per heavy atom. The lowest BCUT2D eigenvalue weighted by Gasteiger charge is -2.34. The molecule has 0 aromatic heterocycles. The van der Waals surface area contributed by atoms with E-state index in [9.17, 15) is 0 Å². The third-order valence-corrected chi connectivity index (χ3v) is 2.24. The van der Waals surface area contributed by atoms with Crippen LogP contribution in [0.4, 0.5) is 0 Å². The summed E-state index contributed by atoms with van der Waals surface area (Å²) < 4.78 is 11.3. The van der Waals surface area contributed by atoms with Crippen molar-refractivity contribution in [1.29, 1.82) is 0 Å². The van der Waals surface area contributed by atoms with E-state index >= 15 is 0 Å². The van der Waals surface area contributed by atoms with Crippen molar-refractivity contribution in [3.8, 4) is 0 Å². The van der Waals surface area contributed by atoms with Crippen LogP contribution >= 0.6 is 0 Å². The molecule has 75 valence electrons. The van der Waals surface area contributed by atoms with Crippen LogP contribution < -0.4 is 0 Å². The summed E-state index contributed by atoms with van der Waals surface area (Å²) in [6.07, 6.45) is -0.232. The largest absolute Gasteiger partial charge is 0.348 e. The number of hydrogen-bond donors (Lipinski definition) is 0. The summed E-state index contributed by atoms with van der Waals surface area (Å²) in [6.45, 7) is 5.75. The molecule has 2 nitrogen and oxygen atoms in total. The highest BCUT2D eigenvalue weighted by Gasteiger charge is 2.28. The van der Waals surface area contributed by atoms with Gasteiger partial charge in [-0.1, -0.05) is 38.1 Å². The van der Waals surface area contributed by atoms with Gasteiger partial charge in [-0.05, 0) is 6.07 Å². The Bertz CT molecular complexity index is 282. The van der Waals surface area contributed by atoms with Gasteiger partial charge >= 0.3 is 0 Å². The smallest absolute Gasteiger partial charge is 0.184 e. The maximum absolute atomic E-state index is 5.63. The maximum Gasteiger partial charge on any atom is 0.184 e. The van der Waals surface area contributed by atoms with Crippen molar-refractivity contribution in [2.75, 3.05) is 13.2 Å². The van der Waals surface area contributed by atoms with Crippen LogP contribution in [0.5, 0.6) is 0 Å². The van der Waals surface area contributed by atoms with Crippen molar-refractivity contribution < 1.29 is 9.47 Å². The summed E-state index contributed by atoms with van der Waals surface area (Å²) in [5, 5.41) is 0. The van der Waals surface area contributed by atoms with E-state index in [0.717, 1.165) is 18.8 Å². The second-order valence-electron chi connectivity index (χ2n) is 4.44. The fourth-order valence-corrected chi connectivity index (χ4v) is 1.43. The molecule has 1 fully saturated rings. The van der Waals surface area contributed by atoms with Gasteiger partial charge in [-0.25, -0.2) is 0 Å². The minimum Gasteiger partial charge on any atom is -0.348 e. The minimum absolute atomic E-state index is 0.130. The van der Waals surface area contributed by atoms with E-state index in [1.807, 2.05) is 24.3 Å². The molecule has 1 aliphatic rings. The van der Waals surface area contributed by atoms with Gasteiger partial charge in [-0.3, -0.25) is 0 Å². The van der Waals surface area contributed by atoms with Crippen LogP contribution in [0.2, 0.25) is 0 Å². The van der Waals surface area contributed by atoms with Crippen molar-refractivity contribution in [2.45, 2.75) is 20.1 Å². The molecule has 0 bridgehead atoms. The molecule has 1 heterocycles. The zero-order chi connectivity index (χ0) is 10.0. The topological polar surface area (TPSA) is 18.5 Å². The number of benzene rings is 1. The third kappa shape index (κ3) is 2.14. The van der Waals surface area contributed by atoms with E-state index in [-0.39, 0.29) is 11.7 Å². The van der Waals surface area contributed by atoms with E-state index < -0.39 is 0 Å². The summed E-state index contributed by atoms with van der Waals surface area (Å²) >= 11 is 0. The summed E-state index contributed by atoms with van der Waals surface area (Å²) in [7, 11) is 0. The molecule has 14 heavy (non-hydrogen) atoms. The van der Waals surface area contributed by atoms with Crippen LogP contribution in [-0.4, -0.2) is 13.2 Å². The third-order valence-electron chi connectivity index (χ3n) is 2.24. The standard InChI is InChI=1S/C12H15O2/c1-12(2)8-13-11(14-9-12)10-6-4-3-5-7-10/h3-6,11H,8-9H2,1-2H3. The van der Waals surface area contributed by atoms with Gasteiger partial charge in [0.1, 0.15) is 0 Å². The molecule has 1 aliphatic heterocycles. The lowest BCUT2D eigenvalue weighted by molar-refractivity contribution is -0.226. The fraction of sp³-hybridized carbons (Fsp3) is 0.500. The van der Waals surface area contributed by atoms with E-state index in [1.165, 1.54) is 0 Å². The zero-order valence-electron chi connectivity index (χ0n) is 8.62. The molecule has 2 rings (SSSR count). The predicted octanol–water partition coefficient (Wildman–Crippen LogP) is 2.56. The van der Waals surface area contributed by atoms with E-state index in [0.29, 0.717) is 0 Å². The van der Waals surface area contributed by atoms with Crippen LogP contribution in [0.15, 0.2) is 24.3 Å². The molecule has 0 atom stereocenters. The van der Waals surface area contributed by atoms with Crippen LogP contribution in [-0.2, 0) is 9.47 Å². The minimum atomic E-state index is -0.232. The molecular formula is C12H15O2. The second kappa shape index (κ2) is 3.71. The first-order chi connectivity index (χ1) is 6.67. The van der Waals surface area contributed by atoms with Crippen molar-refractivity contribution in [2.24, 2.45) is 5.41 Å². The van der Waals surface area contributed by atoms with Crippen LogP contribution in [0.3, 0.4) is 0 Å². The molecule has 0 N–H and O–H groups in total. The zero-order valence-corrected chi connectivity index (χ0v) is 8.62. The second-order valence-corrected chi connectivity index (χ2v) is 4.44. The Kier molecular flexibility index (Phi) is 2.57. The van der Waals surface area contributed by atoms with Crippen LogP contribution in [0, 0.1) is 11.5 Å². The number of hydrogen-bond acceptors (Lipinski definition) is 2. The molecule has 1 saturated heterocycles. The first-order valence-corrected chi connectivity index (χ1v) is 4.87. The van der Waals surface area contributed by atoms with Gasteiger partial charge < -0.3 is 9.47 Å². The normalized spacial score (nSPS) is 22.1. The van der Waals surface area contributed by atoms with Crippen molar-refractivity contribution >= 4 is 0 Å². The Hall–Kier alpha value is -0.860. The molecule has 2 heteroatoms. The molecule has 0 spiro atoms. The lowest BCUT2D eigenvalue weighted by atomic mass is 9.95. The average Bonchev–Trinajstić information content (AvgIpc) is 2.19. The molecule has 1 radical (unpaired) electrons. The van der Waals surface area contributed by atoms with E-state index in [1.54, 1.807) is 0 Å². The summed E-state index contributed by atoms with van der Waals surface area (Å²) in [6, 6.07) is 10.9.